The van der Waals surface area contributed by atoms with Crippen LogP contribution >= 0.6 is 15.9 Å². The maximum atomic E-state index is 12.2. The van der Waals surface area contributed by atoms with E-state index >= 15 is 0 Å². The largest absolute Gasteiger partial charge is 0.450 e. The smallest absolute Gasteiger partial charge is 0.375 e. The third kappa shape index (κ3) is 3.94. The Labute approximate surface area is 148 Å². The predicted octanol–water partition coefficient (Wildman–Crippen LogP) is 3.86. The summed E-state index contributed by atoms with van der Waals surface area (Å²) in [4.78, 5) is 25.8. The molecule has 1 amide bonds. The van der Waals surface area contributed by atoms with Crippen LogP contribution in [0.4, 0.5) is 0 Å². The van der Waals surface area contributed by atoms with Gasteiger partial charge < -0.3 is 14.1 Å². The Hall–Kier alpha value is -2.34. The molecule has 1 heterocycles. The van der Waals surface area contributed by atoms with Crippen LogP contribution in [0.1, 0.15) is 16.1 Å². The van der Waals surface area contributed by atoms with E-state index in [9.17, 15) is 9.59 Å². The zero-order chi connectivity index (χ0) is 17.7. The van der Waals surface area contributed by atoms with Crippen LogP contribution in [0.25, 0.3) is 11.0 Å². The Balaban J connectivity index is 2.10. The molecule has 0 aliphatic carbocycles. The third-order valence-corrected chi connectivity index (χ3v) is 3.96. The quantitative estimate of drug-likeness (QED) is 0.530. The van der Waals surface area contributed by atoms with Gasteiger partial charge in [-0.15, -0.1) is 13.2 Å². The van der Waals surface area contributed by atoms with Crippen molar-refractivity contribution >= 4 is 38.8 Å². The molecule has 2 rings (SSSR count). The van der Waals surface area contributed by atoms with Crippen LogP contribution in [0.3, 0.4) is 0 Å². The average molecular weight is 392 g/mol. The van der Waals surface area contributed by atoms with Crippen molar-refractivity contribution in [2.45, 2.75) is 6.92 Å². The first-order valence-corrected chi connectivity index (χ1v) is 8.12. The molecule has 0 spiro atoms. The summed E-state index contributed by atoms with van der Waals surface area (Å²) in [6, 6.07) is 5.46. The molecule has 0 atom stereocenters. The minimum Gasteiger partial charge on any atom is -0.450 e. The summed E-state index contributed by atoms with van der Waals surface area (Å²) in [5.41, 5.74) is 1.27. The molecule has 126 valence electrons. The lowest BCUT2D eigenvalue weighted by Gasteiger charge is -2.18. The van der Waals surface area contributed by atoms with Gasteiger partial charge in [0.15, 0.2) is 6.61 Å². The van der Waals surface area contributed by atoms with Gasteiger partial charge in [-0.05, 0) is 25.1 Å². The van der Waals surface area contributed by atoms with Gasteiger partial charge in [-0.25, -0.2) is 4.79 Å². The van der Waals surface area contributed by atoms with Crippen LogP contribution in [0.2, 0.25) is 0 Å². The monoisotopic (exact) mass is 391 g/mol. The third-order valence-electron chi connectivity index (χ3n) is 3.46. The molecule has 0 radical (unpaired) electrons. The van der Waals surface area contributed by atoms with Gasteiger partial charge in [0.25, 0.3) is 5.91 Å². The van der Waals surface area contributed by atoms with E-state index in [2.05, 4.69) is 29.1 Å². The maximum absolute atomic E-state index is 12.2. The number of rotatable bonds is 7. The van der Waals surface area contributed by atoms with Gasteiger partial charge in [0.05, 0.1) is 0 Å². The molecule has 0 aliphatic rings. The Bertz CT molecular complexity index is 784. The zero-order valence-corrected chi connectivity index (χ0v) is 15.0. The van der Waals surface area contributed by atoms with Crippen LogP contribution < -0.4 is 0 Å². The molecule has 0 saturated carbocycles. The number of carbonyl (C=O) groups is 2. The molecule has 6 heteroatoms. The Kier molecular flexibility index (Phi) is 5.98. The first kappa shape index (κ1) is 18.0. The van der Waals surface area contributed by atoms with E-state index in [-0.39, 0.29) is 18.3 Å². The molecule has 0 N–H and O–H groups in total. The first-order chi connectivity index (χ1) is 11.5. The number of carbonyl (C=O) groups excluding carboxylic acids is 2. The number of furan rings is 1. The van der Waals surface area contributed by atoms with Gasteiger partial charge in [-0.3, -0.25) is 4.79 Å². The van der Waals surface area contributed by atoms with E-state index in [0.717, 1.165) is 9.86 Å². The van der Waals surface area contributed by atoms with Crippen LogP contribution in [-0.4, -0.2) is 36.5 Å². The Morgan fingerprint density at radius 1 is 1.29 bits per heavy atom. The van der Waals surface area contributed by atoms with Crippen molar-refractivity contribution in [1.82, 2.24) is 4.90 Å². The molecule has 2 aromatic rings. The number of benzene rings is 1. The van der Waals surface area contributed by atoms with Crippen LogP contribution in [0, 0.1) is 6.92 Å². The Morgan fingerprint density at radius 3 is 2.58 bits per heavy atom. The highest BCUT2D eigenvalue weighted by Gasteiger charge is 2.21. The van der Waals surface area contributed by atoms with Gasteiger partial charge in [-0.2, -0.15) is 0 Å². The summed E-state index contributed by atoms with van der Waals surface area (Å²) in [6.45, 7) is 9.33. The number of esters is 1. The van der Waals surface area contributed by atoms with Gasteiger partial charge in [0.1, 0.15) is 5.58 Å². The van der Waals surface area contributed by atoms with Crippen LogP contribution in [0.15, 0.2) is 52.4 Å². The van der Waals surface area contributed by atoms with Crippen LogP contribution in [-0.2, 0) is 9.53 Å². The minimum atomic E-state index is -0.662. The predicted molar refractivity (Wildman–Crippen MR) is 95.9 cm³/mol. The molecule has 5 nitrogen and oxygen atoms in total. The number of hydrogen-bond donors (Lipinski definition) is 0. The van der Waals surface area contributed by atoms with Crippen molar-refractivity contribution < 1.29 is 18.7 Å². The molecule has 24 heavy (non-hydrogen) atoms. The van der Waals surface area contributed by atoms with Crippen molar-refractivity contribution in [2.75, 3.05) is 19.7 Å². The number of nitrogens with zero attached hydrogens (tertiary/aromatic N) is 1. The number of ether oxygens (including phenoxy) is 1. The van der Waals surface area contributed by atoms with E-state index < -0.39 is 5.97 Å². The molecule has 0 unspecified atom stereocenters. The molecule has 0 bridgehead atoms. The summed E-state index contributed by atoms with van der Waals surface area (Å²) >= 11 is 3.38. The standard InChI is InChI=1S/C18H18BrNO4/c1-4-8-20(9-5-2)16(21)11-23-18(22)17-12(3)14-10-13(19)6-7-15(14)24-17/h4-7,10H,1-2,8-9,11H2,3H3. The minimum absolute atomic E-state index is 0.106. The van der Waals surface area contributed by atoms with Crippen molar-refractivity contribution in [3.05, 3.63) is 59.3 Å². The van der Waals surface area contributed by atoms with Gasteiger partial charge in [-0.1, -0.05) is 28.1 Å². The summed E-state index contributed by atoms with van der Waals surface area (Å²) in [6.07, 6.45) is 3.20. The van der Waals surface area contributed by atoms with E-state index in [1.165, 1.54) is 4.90 Å². The summed E-state index contributed by atoms with van der Waals surface area (Å²) < 4.78 is 11.5. The van der Waals surface area contributed by atoms with Gasteiger partial charge >= 0.3 is 5.97 Å². The SMILES string of the molecule is C=CCN(CC=C)C(=O)COC(=O)c1oc2ccc(Br)cc2c1C. The fourth-order valence-electron chi connectivity index (χ4n) is 2.26. The molecule has 1 aromatic heterocycles. The summed E-state index contributed by atoms with van der Waals surface area (Å²) in [5.74, 6) is -0.875. The van der Waals surface area contributed by atoms with E-state index in [1.54, 1.807) is 25.1 Å². The lowest BCUT2D eigenvalue weighted by Crippen LogP contribution is -2.35. The highest BCUT2D eigenvalue weighted by Crippen LogP contribution is 2.28. The summed E-state index contributed by atoms with van der Waals surface area (Å²) in [5, 5.41) is 0.822. The zero-order valence-electron chi connectivity index (χ0n) is 13.4. The maximum Gasteiger partial charge on any atom is 0.375 e. The van der Waals surface area contributed by atoms with E-state index in [4.69, 9.17) is 9.15 Å². The number of halogens is 1. The van der Waals surface area contributed by atoms with Crippen molar-refractivity contribution in [3.8, 4) is 0 Å². The molecule has 0 fully saturated rings. The van der Waals surface area contributed by atoms with Gasteiger partial charge in [0, 0.05) is 28.5 Å². The first-order valence-electron chi connectivity index (χ1n) is 7.33. The number of fused-ring (bicyclic) bond motifs is 1. The highest BCUT2D eigenvalue weighted by atomic mass is 79.9. The lowest BCUT2D eigenvalue weighted by molar-refractivity contribution is -0.133. The molecule has 1 aromatic carbocycles. The number of aryl methyl sites for hydroxylation is 1. The molecular formula is C18H18BrNO4. The fourth-order valence-corrected chi connectivity index (χ4v) is 2.62. The second-order valence-electron chi connectivity index (χ2n) is 5.15. The number of hydrogen-bond acceptors (Lipinski definition) is 4. The molecular weight excluding hydrogens is 374 g/mol. The topological polar surface area (TPSA) is 59.8 Å². The lowest BCUT2D eigenvalue weighted by atomic mass is 10.1. The van der Waals surface area contributed by atoms with Crippen LogP contribution in [0.5, 0.6) is 0 Å². The van der Waals surface area contributed by atoms with Crippen molar-refractivity contribution in [3.63, 3.8) is 0 Å². The van der Waals surface area contributed by atoms with Crippen molar-refractivity contribution in [2.24, 2.45) is 0 Å². The Morgan fingerprint density at radius 2 is 1.96 bits per heavy atom. The highest BCUT2D eigenvalue weighted by molar-refractivity contribution is 9.10. The van der Waals surface area contributed by atoms with E-state index in [0.29, 0.717) is 24.2 Å². The fraction of sp³-hybridized carbons (Fsp3) is 0.222. The second kappa shape index (κ2) is 7.97. The average Bonchev–Trinajstić information content (AvgIpc) is 2.89. The second-order valence-corrected chi connectivity index (χ2v) is 6.06. The molecule has 0 aliphatic heterocycles. The summed E-state index contributed by atoms with van der Waals surface area (Å²) in [7, 11) is 0. The van der Waals surface area contributed by atoms with Crippen molar-refractivity contribution in [1.29, 1.82) is 0 Å². The van der Waals surface area contributed by atoms with E-state index in [1.807, 2.05) is 12.1 Å². The molecule has 0 saturated heterocycles. The number of amides is 1. The van der Waals surface area contributed by atoms with Gasteiger partial charge in [0.2, 0.25) is 5.76 Å². The normalized spacial score (nSPS) is 10.4.